The molecule has 5 N–H and O–H groups in total. The number of hydrogen-bond donors (Lipinski definition) is 5. The van der Waals surface area contributed by atoms with Crippen molar-refractivity contribution in [2.45, 2.75) is 52.6 Å². The third-order valence-corrected chi connectivity index (χ3v) is 5.72. The molecule has 0 bridgehead atoms. The van der Waals surface area contributed by atoms with Gasteiger partial charge in [-0.15, -0.1) is 0 Å². The number of aliphatic carboxylic acids is 4. The van der Waals surface area contributed by atoms with E-state index in [-0.39, 0.29) is 42.3 Å². The van der Waals surface area contributed by atoms with Crippen molar-refractivity contribution in [3.8, 4) is 5.75 Å². The summed E-state index contributed by atoms with van der Waals surface area (Å²) in [5.74, 6) is -6.30. The molecule has 1 unspecified atom stereocenters. The lowest BCUT2D eigenvalue weighted by Gasteiger charge is -2.23. The van der Waals surface area contributed by atoms with Crippen molar-refractivity contribution in [1.29, 1.82) is 0 Å². The zero-order valence-electron chi connectivity index (χ0n) is 21.6. The molecule has 0 spiro atoms. The number of nitrogens with zero attached hydrogens (tertiary/aromatic N) is 2. The number of unbranched alkanes of at least 4 members (excludes halogenated alkanes) is 1. The fourth-order valence-electron chi connectivity index (χ4n) is 3.88. The van der Waals surface area contributed by atoms with Crippen LogP contribution in [0.25, 0.3) is 0 Å². The summed E-state index contributed by atoms with van der Waals surface area (Å²) in [7, 11) is 0. The number of ether oxygens (including phenoxy) is 1. The molecule has 0 aliphatic heterocycles. The molecule has 13 nitrogen and oxygen atoms in total. The Morgan fingerprint density at radius 3 is 1.55 bits per heavy atom. The highest BCUT2D eigenvalue weighted by Crippen LogP contribution is 2.28. The van der Waals surface area contributed by atoms with Crippen LogP contribution in [0, 0.1) is 5.92 Å². The van der Waals surface area contributed by atoms with Crippen LogP contribution in [0.5, 0.6) is 5.75 Å². The molecule has 0 heterocycles. The molecule has 1 atom stereocenters. The standard InChI is InChI=1S/C25H36N2O11/c1-3-5-6-16(4-2)15-38-25(37)17-7-18(9-26(11-20(28)29)12-21(30)31)24(36)19(8-17)10-27(13-22(32)33)14-23(34)35/h7-8,16,36H,3-6,9-15H2,1-2H3,(H,28,29)(H,30,31)(H,32,33)(H,34,35). The minimum absolute atomic E-state index is 0.000532. The summed E-state index contributed by atoms with van der Waals surface area (Å²) in [4.78, 5) is 59.9. The average molecular weight is 541 g/mol. The van der Waals surface area contributed by atoms with E-state index in [1.54, 1.807) is 0 Å². The molecular formula is C25H36N2O11. The van der Waals surface area contributed by atoms with Crippen LogP contribution in [0.15, 0.2) is 12.1 Å². The zero-order valence-corrected chi connectivity index (χ0v) is 21.6. The first kappa shape index (κ1) is 32.3. The van der Waals surface area contributed by atoms with E-state index in [1.165, 1.54) is 12.1 Å². The van der Waals surface area contributed by atoms with Crippen molar-refractivity contribution in [2.24, 2.45) is 5.92 Å². The molecule has 0 aliphatic carbocycles. The smallest absolute Gasteiger partial charge is 0.338 e. The Labute approximate surface area is 220 Å². The van der Waals surface area contributed by atoms with Crippen LogP contribution in [0.1, 0.15) is 61.0 Å². The maximum atomic E-state index is 12.9. The van der Waals surface area contributed by atoms with Crippen LogP contribution in [-0.4, -0.2) is 98.0 Å². The Balaban J connectivity index is 3.40. The Bertz CT molecular complexity index is 905. The lowest BCUT2D eigenvalue weighted by molar-refractivity contribution is -0.144. The van der Waals surface area contributed by atoms with Gasteiger partial charge in [0.1, 0.15) is 5.75 Å². The number of phenolic OH excluding ortho intramolecular Hbond substituents is 1. The molecule has 0 radical (unpaired) electrons. The van der Waals surface area contributed by atoms with E-state index in [0.717, 1.165) is 35.5 Å². The van der Waals surface area contributed by atoms with Gasteiger partial charge in [-0.1, -0.05) is 33.1 Å². The number of carbonyl (C=O) groups is 5. The van der Waals surface area contributed by atoms with Crippen molar-refractivity contribution >= 4 is 29.8 Å². The second kappa shape index (κ2) is 16.2. The summed E-state index contributed by atoms with van der Waals surface area (Å²) in [5, 5.41) is 47.5. The molecule has 0 saturated heterocycles. The maximum absolute atomic E-state index is 12.9. The molecule has 0 amide bonds. The lowest BCUT2D eigenvalue weighted by Crippen LogP contribution is -2.35. The lowest BCUT2D eigenvalue weighted by atomic mass is 10.0. The molecule has 0 aromatic heterocycles. The molecule has 1 rings (SSSR count). The van der Waals surface area contributed by atoms with Gasteiger partial charge in [0.05, 0.1) is 38.3 Å². The van der Waals surface area contributed by atoms with Crippen LogP contribution in [0.3, 0.4) is 0 Å². The first-order valence-corrected chi connectivity index (χ1v) is 12.2. The Kier molecular flexibility index (Phi) is 13.8. The molecule has 1 aromatic carbocycles. The fourth-order valence-corrected chi connectivity index (χ4v) is 3.88. The number of esters is 1. The largest absolute Gasteiger partial charge is 0.507 e. The number of benzene rings is 1. The number of carbonyl (C=O) groups excluding carboxylic acids is 1. The summed E-state index contributed by atoms with van der Waals surface area (Å²) in [5.41, 5.74) is -0.0320. The third-order valence-electron chi connectivity index (χ3n) is 5.72. The van der Waals surface area contributed by atoms with Crippen LogP contribution < -0.4 is 0 Å². The van der Waals surface area contributed by atoms with Gasteiger partial charge in [-0.2, -0.15) is 0 Å². The number of hydrogen-bond acceptors (Lipinski definition) is 9. The number of rotatable bonds is 19. The molecule has 0 fully saturated rings. The highest BCUT2D eigenvalue weighted by atomic mass is 16.5. The monoisotopic (exact) mass is 540 g/mol. The van der Waals surface area contributed by atoms with Crippen molar-refractivity contribution in [3.05, 3.63) is 28.8 Å². The summed E-state index contributed by atoms with van der Waals surface area (Å²) in [6.45, 7) is 0.748. The van der Waals surface area contributed by atoms with Gasteiger partial charge in [-0.05, 0) is 24.5 Å². The van der Waals surface area contributed by atoms with Gasteiger partial charge in [0, 0.05) is 24.2 Å². The molecule has 212 valence electrons. The second-order valence-electron chi connectivity index (χ2n) is 9.02. The first-order chi connectivity index (χ1) is 17.9. The Morgan fingerprint density at radius 1 is 0.789 bits per heavy atom. The molecule has 13 heteroatoms. The number of carboxylic acid groups (broad SMARTS) is 4. The van der Waals surface area contributed by atoms with Gasteiger partial charge in [-0.25, -0.2) is 4.79 Å². The zero-order chi connectivity index (χ0) is 28.8. The summed E-state index contributed by atoms with van der Waals surface area (Å²) in [6, 6.07) is 2.51. The SMILES string of the molecule is CCCCC(CC)COC(=O)c1cc(CN(CC(=O)O)CC(=O)O)c(O)c(CN(CC(=O)O)CC(=O)O)c1. The van der Waals surface area contributed by atoms with Gasteiger partial charge < -0.3 is 30.3 Å². The highest BCUT2D eigenvalue weighted by Gasteiger charge is 2.23. The van der Waals surface area contributed by atoms with Gasteiger partial charge >= 0.3 is 29.8 Å². The summed E-state index contributed by atoms with van der Waals surface area (Å²) >= 11 is 0. The molecule has 38 heavy (non-hydrogen) atoms. The van der Waals surface area contributed by atoms with E-state index in [4.69, 9.17) is 25.2 Å². The van der Waals surface area contributed by atoms with Crippen LogP contribution in [-0.2, 0) is 37.0 Å². The molecular weight excluding hydrogens is 504 g/mol. The minimum Gasteiger partial charge on any atom is -0.507 e. The molecule has 0 aliphatic rings. The highest BCUT2D eigenvalue weighted by molar-refractivity contribution is 5.90. The quantitative estimate of drug-likeness (QED) is 0.159. The molecule has 1 aromatic rings. The van der Waals surface area contributed by atoms with Crippen molar-refractivity contribution in [3.63, 3.8) is 0 Å². The number of carboxylic acids is 4. The minimum atomic E-state index is -1.31. The normalized spacial score (nSPS) is 11.9. The maximum Gasteiger partial charge on any atom is 0.338 e. The number of phenols is 1. The molecule has 0 saturated carbocycles. The van der Waals surface area contributed by atoms with Crippen molar-refractivity contribution in [2.75, 3.05) is 32.8 Å². The second-order valence-corrected chi connectivity index (χ2v) is 9.02. The Morgan fingerprint density at radius 2 is 1.21 bits per heavy atom. The third kappa shape index (κ3) is 12.0. The van der Waals surface area contributed by atoms with Crippen LogP contribution in [0.4, 0.5) is 0 Å². The fraction of sp³-hybridized carbons (Fsp3) is 0.560. The van der Waals surface area contributed by atoms with Gasteiger partial charge in [0.2, 0.25) is 0 Å². The van der Waals surface area contributed by atoms with Gasteiger partial charge in [-0.3, -0.25) is 29.0 Å². The van der Waals surface area contributed by atoms with Crippen LogP contribution in [0.2, 0.25) is 0 Å². The van der Waals surface area contributed by atoms with E-state index < -0.39 is 61.8 Å². The van der Waals surface area contributed by atoms with Gasteiger partial charge in [0.15, 0.2) is 0 Å². The predicted octanol–water partition coefficient (Wildman–Crippen LogP) is 1.71. The summed E-state index contributed by atoms with van der Waals surface area (Å²) < 4.78 is 5.47. The van der Waals surface area contributed by atoms with Crippen molar-refractivity contribution < 1.29 is 54.2 Å². The van der Waals surface area contributed by atoms with E-state index in [0.29, 0.717) is 0 Å². The Hall–Kier alpha value is -3.71. The van der Waals surface area contributed by atoms with Crippen LogP contribution >= 0.6 is 0 Å². The first-order valence-electron chi connectivity index (χ1n) is 12.2. The van der Waals surface area contributed by atoms with E-state index in [2.05, 4.69) is 0 Å². The van der Waals surface area contributed by atoms with E-state index in [1.807, 2.05) is 13.8 Å². The predicted molar refractivity (Wildman–Crippen MR) is 133 cm³/mol. The van der Waals surface area contributed by atoms with E-state index in [9.17, 15) is 29.1 Å². The van der Waals surface area contributed by atoms with Gasteiger partial charge in [0.25, 0.3) is 0 Å². The van der Waals surface area contributed by atoms with E-state index >= 15 is 0 Å². The average Bonchev–Trinajstić information content (AvgIpc) is 2.79. The van der Waals surface area contributed by atoms with Crippen molar-refractivity contribution in [1.82, 2.24) is 9.80 Å². The summed E-state index contributed by atoms with van der Waals surface area (Å²) in [6.07, 6.45) is 3.61. The number of aromatic hydroxyl groups is 1. The topological polar surface area (TPSA) is 202 Å².